The summed E-state index contributed by atoms with van der Waals surface area (Å²) >= 11 is 0. The van der Waals surface area contributed by atoms with E-state index in [0.717, 1.165) is 57.1 Å². The lowest BCUT2D eigenvalue weighted by atomic mass is 10.0. The Balaban J connectivity index is 1.71. The molecule has 3 rings (SSSR count). The van der Waals surface area contributed by atoms with Gasteiger partial charge in [0.1, 0.15) is 6.04 Å². The molecule has 0 aliphatic carbocycles. The van der Waals surface area contributed by atoms with E-state index in [1.54, 1.807) is 0 Å². The third-order valence-corrected chi connectivity index (χ3v) is 5.74. The van der Waals surface area contributed by atoms with Crippen LogP contribution in [0.3, 0.4) is 0 Å². The molecule has 1 aliphatic heterocycles. The third-order valence-electron chi connectivity index (χ3n) is 5.74. The number of hydrogen-bond acceptors (Lipinski definition) is 4. The Morgan fingerprint density at radius 3 is 2.34 bits per heavy atom. The summed E-state index contributed by atoms with van der Waals surface area (Å²) in [6.45, 7) is 11.2. The minimum Gasteiger partial charge on any atom is -0.324 e. The third kappa shape index (κ3) is 5.89. The van der Waals surface area contributed by atoms with Gasteiger partial charge in [-0.2, -0.15) is 0 Å². The second kappa shape index (κ2) is 10.5. The average molecular weight is 395 g/mol. The van der Waals surface area contributed by atoms with Crippen molar-refractivity contribution in [1.29, 1.82) is 0 Å². The van der Waals surface area contributed by atoms with Crippen LogP contribution in [0.1, 0.15) is 31.0 Å². The van der Waals surface area contributed by atoms with E-state index in [0.29, 0.717) is 0 Å². The number of piperazine rings is 1. The van der Waals surface area contributed by atoms with Gasteiger partial charge in [-0.1, -0.05) is 56.3 Å². The molecule has 1 unspecified atom stereocenters. The Bertz CT molecular complexity index is 767. The first-order valence-electron chi connectivity index (χ1n) is 10.7. The highest BCUT2D eigenvalue weighted by Gasteiger charge is 2.26. The number of rotatable bonds is 8. The molecular weight excluding hydrogens is 360 g/mol. The van der Waals surface area contributed by atoms with Gasteiger partial charge >= 0.3 is 0 Å². The predicted octanol–water partition coefficient (Wildman–Crippen LogP) is 3.46. The highest BCUT2D eigenvalue weighted by Crippen LogP contribution is 2.23. The number of anilines is 1. The summed E-state index contributed by atoms with van der Waals surface area (Å²) < 4.78 is 0. The molecule has 0 spiro atoms. The summed E-state index contributed by atoms with van der Waals surface area (Å²) in [5.41, 5.74) is 3.14. The zero-order valence-corrected chi connectivity index (χ0v) is 18.0. The maximum atomic E-state index is 13.2. The maximum Gasteiger partial charge on any atom is 0.246 e. The van der Waals surface area contributed by atoms with E-state index < -0.39 is 0 Å². The van der Waals surface area contributed by atoms with Crippen LogP contribution < -0.4 is 5.32 Å². The number of benzene rings is 2. The molecule has 0 radical (unpaired) electrons. The van der Waals surface area contributed by atoms with Crippen molar-refractivity contribution in [3.05, 3.63) is 65.7 Å². The van der Waals surface area contributed by atoms with Crippen LogP contribution in [0.2, 0.25) is 0 Å². The lowest BCUT2D eigenvalue weighted by molar-refractivity contribution is -0.121. The van der Waals surface area contributed by atoms with Crippen LogP contribution in [-0.4, -0.2) is 66.9 Å². The molecule has 5 heteroatoms. The van der Waals surface area contributed by atoms with Gasteiger partial charge < -0.3 is 10.2 Å². The van der Waals surface area contributed by atoms with Gasteiger partial charge in [-0.25, -0.2) is 0 Å². The lowest BCUT2D eigenvalue weighted by Gasteiger charge is -2.32. The van der Waals surface area contributed by atoms with E-state index in [1.165, 1.54) is 5.56 Å². The number of carbonyl (C=O) groups is 1. The van der Waals surface area contributed by atoms with Crippen molar-refractivity contribution in [3.63, 3.8) is 0 Å². The van der Waals surface area contributed by atoms with Crippen LogP contribution >= 0.6 is 0 Å². The maximum absolute atomic E-state index is 13.2. The Morgan fingerprint density at radius 1 is 1.00 bits per heavy atom. The Labute approximate surface area is 175 Å². The quantitative estimate of drug-likeness (QED) is 0.744. The molecule has 156 valence electrons. The van der Waals surface area contributed by atoms with Crippen molar-refractivity contribution in [2.45, 2.75) is 26.4 Å². The number of amides is 1. The number of carbonyl (C=O) groups excluding carboxylic acids is 1. The Morgan fingerprint density at radius 2 is 1.69 bits per heavy atom. The monoisotopic (exact) mass is 394 g/mol. The largest absolute Gasteiger partial charge is 0.324 e. The Hall–Kier alpha value is -2.21. The standard InChI is InChI=1S/C24H34N4O/c1-4-28(5-2)23(21-11-7-6-8-12-21)24(29)25-22-13-9-10-20(18-22)19-27-16-14-26(3)15-17-27/h6-13,18,23H,4-5,14-17,19H2,1-3H3,(H,25,29). The topological polar surface area (TPSA) is 38.8 Å². The number of nitrogens with zero attached hydrogens (tertiary/aromatic N) is 3. The fraction of sp³-hybridized carbons (Fsp3) is 0.458. The first-order valence-corrected chi connectivity index (χ1v) is 10.7. The molecular formula is C24H34N4O. The molecule has 1 aliphatic rings. The molecule has 1 amide bonds. The van der Waals surface area contributed by atoms with E-state index in [-0.39, 0.29) is 11.9 Å². The lowest BCUT2D eigenvalue weighted by Crippen LogP contribution is -2.43. The number of hydrogen-bond donors (Lipinski definition) is 1. The normalized spacial score (nSPS) is 16.7. The molecule has 1 N–H and O–H groups in total. The first-order chi connectivity index (χ1) is 14.1. The minimum atomic E-state index is -0.285. The van der Waals surface area contributed by atoms with Crippen LogP contribution in [-0.2, 0) is 11.3 Å². The second-order valence-electron chi connectivity index (χ2n) is 7.80. The summed E-state index contributed by atoms with van der Waals surface area (Å²) in [6.07, 6.45) is 0. The highest BCUT2D eigenvalue weighted by molar-refractivity contribution is 5.95. The van der Waals surface area contributed by atoms with Gasteiger partial charge in [0.05, 0.1) is 0 Å². The van der Waals surface area contributed by atoms with Gasteiger partial charge in [-0.3, -0.25) is 14.6 Å². The zero-order chi connectivity index (χ0) is 20.6. The van der Waals surface area contributed by atoms with Crippen LogP contribution in [0.25, 0.3) is 0 Å². The van der Waals surface area contributed by atoms with Crippen molar-refractivity contribution in [1.82, 2.24) is 14.7 Å². The van der Waals surface area contributed by atoms with E-state index in [2.05, 4.69) is 53.0 Å². The minimum absolute atomic E-state index is 0.0247. The second-order valence-corrected chi connectivity index (χ2v) is 7.80. The summed E-state index contributed by atoms with van der Waals surface area (Å²) in [5.74, 6) is 0.0247. The van der Waals surface area contributed by atoms with Crippen molar-refractivity contribution < 1.29 is 4.79 Å². The van der Waals surface area contributed by atoms with Crippen molar-refractivity contribution in [3.8, 4) is 0 Å². The van der Waals surface area contributed by atoms with Crippen molar-refractivity contribution >= 4 is 11.6 Å². The van der Waals surface area contributed by atoms with Gasteiger partial charge in [0.25, 0.3) is 0 Å². The van der Waals surface area contributed by atoms with Crippen molar-refractivity contribution in [2.75, 3.05) is 51.6 Å². The molecule has 1 fully saturated rings. The molecule has 2 aromatic rings. The summed E-state index contributed by atoms with van der Waals surface area (Å²) in [7, 11) is 2.17. The first kappa shape index (κ1) is 21.5. The zero-order valence-electron chi connectivity index (χ0n) is 18.0. The smallest absolute Gasteiger partial charge is 0.246 e. The molecule has 5 nitrogen and oxygen atoms in total. The van der Waals surface area contributed by atoms with Gasteiger partial charge in [0.2, 0.25) is 5.91 Å². The van der Waals surface area contributed by atoms with Crippen LogP contribution in [0, 0.1) is 0 Å². The summed E-state index contributed by atoms with van der Waals surface area (Å²) in [4.78, 5) is 20.3. The fourth-order valence-electron chi connectivity index (χ4n) is 3.97. The molecule has 0 bridgehead atoms. The van der Waals surface area contributed by atoms with Crippen molar-refractivity contribution in [2.24, 2.45) is 0 Å². The Kier molecular flexibility index (Phi) is 7.81. The average Bonchev–Trinajstić information content (AvgIpc) is 2.74. The van der Waals surface area contributed by atoms with E-state index in [1.807, 2.05) is 42.5 Å². The van der Waals surface area contributed by atoms with Crippen LogP contribution in [0.5, 0.6) is 0 Å². The van der Waals surface area contributed by atoms with E-state index >= 15 is 0 Å². The van der Waals surface area contributed by atoms with E-state index in [4.69, 9.17) is 0 Å². The van der Waals surface area contributed by atoms with E-state index in [9.17, 15) is 4.79 Å². The number of likely N-dealkylation sites (N-methyl/N-ethyl adjacent to an activating group) is 2. The molecule has 1 atom stereocenters. The fourth-order valence-corrected chi connectivity index (χ4v) is 3.97. The summed E-state index contributed by atoms with van der Waals surface area (Å²) in [6, 6.07) is 18.0. The van der Waals surface area contributed by atoms with Gasteiger partial charge in [-0.15, -0.1) is 0 Å². The molecule has 0 saturated carbocycles. The molecule has 1 heterocycles. The highest BCUT2D eigenvalue weighted by atomic mass is 16.2. The molecule has 2 aromatic carbocycles. The molecule has 29 heavy (non-hydrogen) atoms. The predicted molar refractivity (Wildman–Crippen MR) is 120 cm³/mol. The van der Waals surface area contributed by atoms with Gasteiger partial charge in [0.15, 0.2) is 0 Å². The van der Waals surface area contributed by atoms with Crippen LogP contribution in [0.15, 0.2) is 54.6 Å². The van der Waals surface area contributed by atoms with Gasteiger partial charge in [0, 0.05) is 38.4 Å². The van der Waals surface area contributed by atoms with Crippen LogP contribution in [0.4, 0.5) is 5.69 Å². The molecule has 0 aromatic heterocycles. The SMILES string of the molecule is CCN(CC)C(C(=O)Nc1cccc(CN2CCN(C)CC2)c1)c1ccccc1. The van der Waals surface area contributed by atoms with Gasteiger partial charge in [-0.05, 0) is 43.4 Å². The molecule has 1 saturated heterocycles. The summed E-state index contributed by atoms with van der Waals surface area (Å²) in [5, 5.41) is 3.17. The number of nitrogens with one attached hydrogen (secondary N) is 1.